The first-order valence-corrected chi connectivity index (χ1v) is 24.0. The molecule has 15 aromatic rings. The number of fused-ring (bicyclic) bond motifs is 13. The van der Waals surface area contributed by atoms with E-state index in [0.29, 0.717) is 39.8 Å². The molecule has 8 nitrogen and oxygen atoms in total. The Bertz CT molecular complexity index is 4640. The van der Waals surface area contributed by atoms with Crippen molar-refractivity contribution < 1.29 is 4.42 Å². The minimum Gasteiger partial charge on any atom is -0.455 e. The third-order valence-corrected chi connectivity index (χ3v) is 14.3. The summed E-state index contributed by atoms with van der Waals surface area (Å²) >= 11 is 0. The number of nitriles is 1. The molecule has 334 valence electrons. The van der Waals surface area contributed by atoms with E-state index in [-0.39, 0.29) is 0 Å². The summed E-state index contributed by atoms with van der Waals surface area (Å²) in [5, 5.41) is 20.0. The van der Waals surface area contributed by atoms with Gasteiger partial charge in [-0.25, -0.2) is 15.0 Å². The molecule has 0 N–H and O–H groups in total. The Morgan fingerprint density at radius 1 is 0.389 bits per heavy atom. The van der Waals surface area contributed by atoms with Crippen molar-refractivity contribution in [3.05, 3.63) is 230 Å². The zero-order valence-electron chi connectivity index (χ0n) is 38.4. The standard InChI is InChI=1S/C64H37N7O/c65-38-41-36-49(64-67-62(39-20-4-1-5-21-39)66-63(68-64)40-22-6-2-7-23-40)61-57(47-30-14-19-35-55(47)72-61)58(41)71-52-33-17-12-28-45(52)48-37-54(70-50-31-15-10-26-43(50)44-27-11-16-32-51(44)70)60-56(59(48)71)46-29-13-18-34-53(46)69(60)42-24-8-3-9-25-42/h1-37H. The lowest BCUT2D eigenvalue weighted by molar-refractivity contribution is 0.669. The lowest BCUT2D eigenvalue weighted by Crippen LogP contribution is -2.04. The Labute approximate surface area is 411 Å². The quantitative estimate of drug-likeness (QED) is 0.166. The molecule has 72 heavy (non-hydrogen) atoms. The van der Waals surface area contributed by atoms with Crippen LogP contribution >= 0.6 is 0 Å². The smallest absolute Gasteiger partial charge is 0.167 e. The summed E-state index contributed by atoms with van der Waals surface area (Å²) in [5.41, 5.74) is 13.1. The van der Waals surface area contributed by atoms with Gasteiger partial charge in [-0.15, -0.1) is 0 Å². The Morgan fingerprint density at radius 3 is 1.46 bits per heavy atom. The highest BCUT2D eigenvalue weighted by Crippen LogP contribution is 2.49. The average molecular weight is 920 g/mol. The monoisotopic (exact) mass is 919 g/mol. The van der Waals surface area contributed by atoms with Crippen LogP contribution < -0.4 is 0 Å². The van der Waals surface area contributed by atoms with Gasteiger partial charge in [-0.3, -0.25) is 0 Å². The van der Waals surface area contributed by atoms with Crippen LogP contribution in [0.3, 0.4) is 0 Å². The minimum absolute atomic E-state index is 0.404. The summed E-state index contributed by atoms with van der Waals surface area (Å²) in [4.78, 5) is 15.3. The molecular formula is C64H37N7O. The third-order valence-electron chi connectivity index (χ3n) is 14.3. The van der Waals surface area contributed by atoms with Crippen LogP contribution in [0.5, 0.6) is 0 Å². The lowest BCUT2D eigenvalue weighted by Gasteiger charge is -2.17. The molecule has 5 aromatic heterocycles. The molecule has 0 aliphatic rings. The molecule has 0 amide bonds. The molecule has 0 aliphatic carbocycles. The topological polar surface area (TPSA) is 90.4 Å². The van der Waals surface area contributed by atoms with Gasteiger partial charge in [0.25, 0.3) is 0 Å². The highest BCUT2D eigenvalue weighted by atomic mass is 16.3. The maximum Gasteiger partial charge on any atom is 0.167 e. The van der Waals surface area contributed by atoms with Crippen molar-refractivity contribution in [3.63, 3.8) is 0 Å². The number of aromatic nitrogens is 6. The van der Waals surface area contributed by atoms with Crippen LogP contribution in [0.15, 0.2) is 229 Å². The minimum atomic E-state index is 0.404. The van der Waals surface area contributed by atoms with Gasteiger partial charge < -0.3 is 18.1 Å². The van der Waals surface area contributed by atoms with E-state index in [9.17, 15) is 5.26 Å². The fourth-order valence-corrected chi connectivity index (χ4v) is 11.3. The van der Waals surface area contributed by atoms with Crippen molar-refractivity contribution in [1.29, 1.82) is 5.26 Å². The summed E-state index contributed by atoms with van der Waals surface area (Å²) in [5.74, 6) is 1.44. The van der Waals surface area contributed by atoms with Gasteiger partial charge in [0.1, 0.15) is 17.2 Å². The summed E-state index contributed by atoms with van der Waals surface area (Å²) in [6.45, 7) is 0. The number of rotatable bonds is 6. The largest absolute Gasteiger partial charge is 0.455 e. The Hall–Kier alpha value is -10.1. The maximum atomic E-state index is 11.7. The predicted molar refractivity (Wildman–Crippen MR) is 291 cm³/mol. The molecule has 5 heterocycles. The van der Waals surface area contributed by atoms with E-state index in [1.165, 1.54) is 10.8 Å². The molecule has 10 aromatic carbocycles. The van der Waals surface area contributed by atoms with E-state index in [2.05, 4.69) is 159 Å². The van der Waals surface area contributed by atoms with E-state index < -0.39 is 0 Å². The van der Waals surface area contributed by atoms with Crippen LogP contribution in [0.4, 0.5) is 0 Å². The summed E-state index contributed by atoms with van der Waals surface area (Å²) in [6.07, 6.45) is 0. The van der Waals surface area contributed by atoms with Crippen molar-refractivity contribution in [2.24, 2.45) is 0 Å². The second kappa shape index (κ2) is 15.5. The van der Waals surface area contributed by atoms with Crippen LogP contribution in [0.1, 0.15) is 5.56 Å². The number of benzene rings is 10. The van der Waals surface area contributed by atoms with Crippen molar-refractivity contribution in [2.45, 2.75) is 0 Å². The van der Waals surface area contributed by atoms with Crippen LogP contribution in [-0.4, -0.2) is 28.7 Å². The molecule has 0 spiro atoms. The number of hydrogen-bond donors (Lipinski definition) is 0. The first-order chi connectivity index (χ1) is 35.7. The van der Waals surface area contributed by atoms with Crippen LogP contribution in [-0.2, 0) is 0 Å². The second-order valence-corrected chi connectivity index (χ2v) is 18.2. The Balaban J connectivity index is 1.13. The molecule has 0 bridgehead atoms. The summed E-state index contributed by atoms with van der Waals surface area (Å²) in [6, 6.07) is 80.2. The second-order valence-electron chi connectivity index (χ2n) is 18.2. The molecular weight excluding hydrogens is 883 g/mol. The number of nitrogens with zero attached hydrogens (tertiary/aromatic N) is 7. The van der Waals surface area contributed by atoms with Crippen molar-refractivity contribution in [3.8, 4) is 57.3 Å². The van der Waals surface area contributed by atoms with Gasteiger partial charge >= 0.3 is 0 Å². The molecule has 0 fully saturated rings. The van der Waals surface area contributed by atoms with Crippen molar-refractivity contribution in [2.75, 3.05) is 0 Å². The highest BCUT2D eigenvalue weighted by Gasteiger charge is 2.30. The van der Waals surface area contributed by atoms with Crippen LogP contribution in [0.2, 0.25) is 0 Å². The van der Waals surface area contributed by atoms with Gasteiger partial charge in [0.05, 0.1) is 61.0 Å². The van der Waals surface area contributed by atoms with E-state index in [1.807, 2.05) is 84.9 Å². The van der Waals surface area contributed by atoms with Crippen LogP contribution in [0, 0.1) is 11.3 Å². The normalized spacial score (nSPS) is 11.9. The van der Waals surface area contributed by atoms with E-state index in [0.717, 1.165) is 93.6 Å². The van der Waals surface area contributed by atoms with Gasteiger partial charge in [-0.1, -0.05) is 170 Å². The zero-order valence-corrected chi connectivity index (χ0v) is 38.4. The van der Waals surface area contributed by atoms with E-state index >= 15 is 0 Å². The SMILES string of the molecule is N#Cc1cc(-c2nc(-c3ccccc3)nc(-c3ccccc3)n2)c2oc3ccccc3c2c1-n1c2ccccc2c2cc(-n3c4ccccc4c4ccccc43)c3c(c4ccccc4n3-c3ccccc3)c21. The molecule has 0 aliphatic heterocycles. The fourth-order valence-electron chi connectivity index (χ4n) is 11.3. The first kappa shape index (κ1) is 39.9. The van der Waals surface area contributed by atoms with E-state index in [1.54, 1.807) is 0 Å². The molecule has 8 heteroatoms. The van der Waals surface area contributed by atoms with Gasteiger partial charge in [0, 0.05) is 54.5 Å². The summed E-state index contributed by atoms with van der Waals surface area (Å²) < 4.78 is 14.2. The Kier molecular flexibility index (Phi) is 8.55. The van der Waals surface area contributed by atoms with Gasteiger partial charge in [0.15, 0.2) is 17.5 Å². The average Bonchev–Trinajstić information content (AvgIpc) is 4.20. The predicted octanol–water partition coefficient (Wildman–Crippen LogP) is 15.9. The molecule has 0 atom stereocenters. The van der Waals surface area contributed by atoms with Crippen molar-refractivity contribution in [1.82, 2.24) is 28.7 Å². The van der Waals surface area contributed by atoms with E-state index in [4.69, 9.17) is 19.4 Å². The third kappa shape index (κ3) is 5.70. The fraction of sp³-hybridized carbons (Fsp3) is 0. The molecule has 15 rings (SSSR count). The molecule has 0 unspecified atom stereocenters. The molecule has 0 saturated carbocycles. The number of furan rings is 1. The van der Waals surface area contributed by atoms with Gasteiger partial charge in [-0.05, 0) is 54.6 Å². The summed E-state index contributed by atoms with van der Waals surface area (Å²) in [7, 11) is 0. The van der Waals surface area contributed by atoms with Gasteiger partial charge in [-0.2, -0.15) is 5.26 Å². The number of hydrogen-bond acceptors (Lipinski definition) is 5. The van der Waals surface area contributed by atoms with Crippen molar-refractivity contribution >= 4 is 87.4 Å². The lowest BCUT2D eigenvalue weighted by atomic mass is 10.0. The first-order valence-electron chi connectivity index (χ1n) is 24.0. The molecule has 0 radical (unpaired) electrons. The number of para-hydroxylation sites is 6. The van der Waals surface area contributed by atoms with Crippen LogP contribution in [0.25, 0.3) is 139 Å². The Morgan fingerprint density at radius 2 is 0.861 bits per heavy atom. The van der Waals surface area contributed by atoms with Gasteiger partial charge in [0.2, 0.25) is 0 Å². The maximum absolute atomic E-state index is 11.7. The molecule has 0 saturated heterocycles. The highest BCUT2D eigenvalue weighted by molar-refractivity contribution is 6.30. The zero-order chi connectivity index (χ0) is 47.4.